The monoisotopic (exact) mass is 273 g/mol. The minimum atomic E-state index is 0.0414. The molecular formula is C16H23N3O. The number of nitrogens with two attached hydrogens (primary N) is 1. The van der Waals surface area contributed by atoms with Crippen LogP contribution in [0.25, 0.3) is 0 Å². The molecule has 0 spiro atoms. The van der Waals surface area contributed by atoms with Crippen molar-refractivity contribution < 1.29 is 4.79 Å². The SMILES string of the molecule is NCC1CCCC1Nc1ccc(C(=O)NC2CC2)cc1. The number of nitrogens with one attached hydrogen (secondary N) is 2. The molecule has 4 N–H and O–H groups in total. The fourth-order valence-corrected chi connectivity index (χ4v) is 2.94. The lowest BCUT2D eigenvalue weighted by atomic mass is 10.0. The zero-order valence-electron chi connectivity index (χ0n) is 11.8. The van der Waals surface area contributed by atoms with Crippen molar-refractivity contribution >= 4 is 11.6 Å². The van der Waals surface area contributed by atoms with Gasteiger partial charge in [0.1, 0.15) is 0 Å². The summed E-state index contributed by atoms with van der Waals surface area (Å²) >= 11 is 0. The van der Waals surface area contributed by atoms with Gasteiger partial charge in [-0.25, -0.2) is 0 Å². The summed E-state index contributed by atoms with van der Waals surface area (Å²) in [4.78, 5) is 11.9. The summed E-state index contributed by atoms with van der Waals surface area (Å²) in [6.07, 6.45) is 5.89. The van der Waals surface area contributed by atoms with E-state index in [2.05, 4.69) is 10.6 Å². The number of anilines is 1. The second kappa shape index (κ2) is 5.83. The molecule has 2 atom stereocenters. The standard InChI is InChI=1S/C16H23N3O/c17-10-12-2-1-3-15(12)18-13-6-4-11(5-7-13)16(20)19-14-8-9-14/h4-7,12,14-15,18H,1-3,8-10,17H2,(H,19,20). The maximum atomic E-state index is 11.9. The third kappa shape index (κ3) is 3.12. The van der Waals surface area contributed by atoms with E-state index in [-0.39, 0.29) is 5.91 Å². The first-order chi connectivity index (χ1) is 9.76. The largest absolute Gasteiger partial charge is 0.382 e. The quantitative estimate of drug-likeness (QED) is 0.770. The van der Waals surface area contributed by atoms with Crippen LogP contribution in [0.1, 0.15) is 42.5 Å². The van der Waals surface area contributed by atoms with Crippen LogP contribution in [0.15, 0.2) is 24.3 Å². The number of benzene rings is 1. The second-order valence-electron chi connectivity index (χ2n) is 6.00. The molecule has 1 aromatic carbocycles. The first-order valence-electron chi connectivity index (χ1n) is 7.64. The first-order valence-corrected chi connectivity index (χ1v) is 7.64. The normalized spacial score (nSPS) is 25.4. The maximum absolute atomic E-state index is 11.9. The molecule has 0 radical (unpaired) electrons. The van der Waals surface area contributed by atoms with Gasteiger partial charge in [0.2, 0.25) is 0 Å². The molecule has 2 aliphatic carbocycles. The zero-order chi connectivity index (χ0) is 13.9. The molecule has 2 fully saturated rings. The molecule has 0 heterocycles. The summed E-state index contributed by atoms with van der Waals surface area (Å²) in [5.41, 5.74) is 7.62. The topological polar surface area (TPSA) is 67.1 Å². The van der Waals surface area contributed by atoms with Crippen LogP contribution in [0.4, 0.5) is 5.69 Å². The molecule has 0 aromatic heterocycles. The van der Waals surface area contributed by atoms with Crippen LogP contribution in [0, 0.1) is 5.92 Å². The Morgan fingerprint density at radius 3 is 2.55 bits per heavy atom. The van der Waals surface area contributed by atoms with E-state index in [1.54, 1.807) is 0 Å². The Balaban J connectivity index is 1.59. The summed E-state index contributed by atoms with van der Waals surface area (Å²) in [6.45, 7) is 0.750. The van der Waals surface area contributed by atoms with Crippen LogP contribution in [0.2, 0.25) is 0 Å². The third-order valence-corrected chi connectivity index (χ3v) is 4.37. The van der Waals surface area contributed by atoms with Crippen molar-refractivity contribution in [2.24, 2.45) is 11.7 Å². The van der Waals surface area contributed by atoms with Gasteiger partial charge in [0.15, 0.2) is 0 Å². The van der Waals surface area contributed by atoms with Crippen LogP contribution in [0.3, 0.4) is 0 Å². The predicted molar refractivity (Wildman–Crippen MR) is 80.7 cm³/mol. The van der Waals surface area contributed by atoms with E-state index in [1.807, 2.05) is 24.3 Å². The van der Waals surface area contributed by atoms with E-state index in [1.165, 1.54) is 19.3 Å². The molecule has 2 unspecified atom stereocenters. The van der Waals surface area contributed by atoms with Gasteiger partial charge in [0, 0.05) is 23.3 Å². The summed E-state index contributed by atoms with van der Waals surface area (Å²) in [6, 6.07) is 8.66. The Kier molecular flexibility index (Phi) is 3.92. The van der Waals surface area contributed by atoms with Crippen LogP contribution < -0.4 is 16.4 Å². The molecule has 20 heavy (non-hydrogen) atoms. The number of hydrogen-bond acceptors (Lipinski definition) is 3. The van der Waals surface area contributed by atoms with Crippen molar-refractivity contribution in [3.8, 4) is 0 Å². The Bertz CT molecular complexity index is 467. The van der Waals surface area contributed by atoms with Crippen LogP contribution in [-0.4, -0.2) is 24.5 Å². The molecule has 1 amide bonds. The van der Waals surface area contributed by atoms with Crippen molar-refractivity contribution in [2.45, 2.75) is 44.2 Å². The van der Waals surface area contributed by atoms with Gasteiger partial charge in [-0.3, -0.25) is 4.79 Å². The number of rotatable bonds is 5. The number of hydrogen-bond donors (Lipinski definition) is 3. The predicted octanol–water partition coefficient (Wildman–Crippen LogP) is 2.12. The van der Waals surface area contributed by atoms with Gasteiger partial charge in [0.25, 0.3) is 5.91 Å². The van der Waals surface area contributed by atoms with Crippen LogP contribution in [0.5, 0.6) is 0 Å². The van der Waals surface area contributed by atoms with Crippen LogP contribution >= 0.6 is 0 Å². The number of carbonyl (C=O) groups excluding carboxylic acids is 1. The van der Waals surface area contributed by atoms with Crippen molar-refractivity contribution in [1.29, 1.82) is 0 Å². The molecule has 2 saturated carbocycles. The van der Waals surface area contributed by atoms with Gasteiger partial charge in [0.05, 0.1) is 0 Å². The summed E-state index contributed by atoms with van der Waals surface area (Å²) in [5.74, 6) is 0.618. The molecule has 4 heteroatoms. The molecule has 1 aromatic rings. The minimum Gasteiger partial charge on any atom is -0.382 e. The minimum absolute atomic E-state index is 0.0414. The Morgan fingerprint density at radius 1 is 1.15 bits per heavy atom. The fraction of sp³-hybridized carbons (Fsp3) is 0.562. The summed E-state index contributed by atoms with van der Waals surface area (Å²) in [7, 11) is 0. The van der Waals surface area contributed by atoms with Crippen molar-refractivity contribution in [3.05, 3.63) is 29.8 Å². The highest BCUT2D eigenvalue weighted by Gasteiger charge is 2.26. The molecule has 0 saturated heterocycles. The van der Waals surface area contributed by atoms with E-state index in [0.717, 1.165) is 30.6 Å². The Morgan fingerprint density at radius 2 is 1.90 bits per heavy atom. The zero-order valence-corrected chi connectivity index (χ0v) is 11.8. The molecule has 4 nitrogen and oxygen atoms in total. The highest BCUT2D eigenvalue weighted by Crippen LogP contribution is 2.28. The van der Waals surface area contributed by atoms with Crippen molar-refractivity contribution in [2.75, 3.05) is 11.9 Å². The molecule has 0 aliphatic heterocycles. The fourth-order valence-electron chi connectivity index (χ4n) is 2.94. The summed E-state index contributed by atoms with van der Waals surface area (Å²) in [5, 5.41) is 6.55. The average molecular weight is 273 g/mol. The van der Waals surface area contributed by atoms with E-state index < -0.39 is 0 Å². The molecule has 3 rings (SSSR count). The smallest absolute Gasteiger partial charge is 0.251 e. The van der Waals surface area contributed by atoms with Crippen molar-refractivity contribution in [3.63, 3.8) is 0 Å². The van der Waals surface area contributed by atoms with Gasteiger partial charge in [-0.05, 0) is 62.4 Å². The maximum Gasteiger partial charge on any atom is 0.251 e. The van der Waals surface area contributed by atoms with Gasteiger partial charge < -0.3 is 16.4 Å². The van der Waals surface area contributed by atoms with E-state index >= 15 is 0 Å². The van der Waals surface area contributed by atoms with Crippen LogP contribution in [-0.2, 0) is 0 Å². The second-order valence-corrected chi connectivity index (χ2v) is 6.00. The average Bonchev–Trinajstić information content (AvgIpc) is 3.16. The van der Waals surface area contributed by atoms with E-state index in [0.29, 0.717) is 18.0 Å². The van der Waals surface area contributed by atoms with Gasteiger partial charge in [-0.2, -0.15) is 0 Å². The lowest BCUT2D eigenvalue weighted by Gasteiger charge is -2.20. The molecule has 2 aliphatic rings. The highest BCUT2D eigenvalue weighted by atomic mass is 16.1. The Hall–Kier alpha value is -1.55. The number of amides is 1. The van der Waals surface area contributed by atoms with Crippen molar-refractivity contribution in [1.82, 2.24) is 5.32 Å². The Labute approximate surface area is 120 Å². The molecule has 0 bridgehead atoms. The first kappa shape index (κ1) is 13.4. The van der Waals surface area contributed by atoms with Gasteiger partial charge in [-0.1, -0.05) is 6.42 Å². The lowest BCUT2D eigenvalue weighted by Crippen LogP contribution is -2.29. The summed E-state index contributed by atoms with van der Waals surface area (Å²) < 4.78 is 0. The lowest BCUT2D eigenvalue weighted by molar-refractivity contribution is 0.0951. The highest BCUT2D eigenvalue weighted by molar-refractivity contribution is 5.94. The third-order valence-electron chi connectivity index (χ3n) is 4.37. The van der Waals surface area contributed by atoms with Gasteiger partial charge >= 0.3 is 0 Å². The molecule has 108 valence electrons. The number of carbonyl (C=O) groups is 1. The van der Waals surface area contributed by atoms with E-state index in [9.17, 15) is 4.79 Å². The van der Waals surface area contributed by atoms with Gasteiger partial charge in [-0.15, -0.1) is 0 Å². The molecular weight excluding hydrogens is 250 g/mol. The van der Waals surface area contributed by atoms with E-state index in [4.69, 9.17) is 5.73 Å².